The summed E-state index contributed by atoms with van der Waals surface area (Å²) in [7, 11) is 1.66. The molecular weight excluding hydrogens is 182 g/mol. The van der Waals surface area contributed by atoms with Crippen LogP contribution < -0.4 is 10.6 Å². The van der Waals surface area contributed by atoms with Crippen LogP contribution in [0.15, 0.2) is 0 Å². The Kier molecular flexibility index (Phi) is 5.32. The first kappa shape index (κ1) is 11.3. The van der Waals surface area contributed by atoms with Gasteiger partial charge < -0.3 is 20.3 Å². The van der Waals surface area contributed by atoms with Crippen LogP contribution in [-0.2, 0) is 4.74 Å². The fourth-order valence-corrected chi connectivity index (χ4v) is 1.39. The molecule has 1 saturated heterocycles. The van der Waals surface area contributed by atoms with E-state index >= 15 is 0 Å². The summed E-state index contributed by atoms with van der Waals surface area (Å²) >= 11 is 0. The van der Waals surface area contributed by atoms with Crippen LogP contribution in [0.3, 0.4) is 0 Å². The molecular formula is C9H19N3O2. The third-order valence-electron chi connectivity index (χ3n) is 2.21. The average molecular weight is 201 g/mol. The van der Waals surface area contributed by atoms with Crippen LogP contribution >= 0.6 is 0 Å². The first-order chi connectivity index (χ1) is 6.84. The van der Waals surface area contributed by atoms with Gasteiger partial charge >= 0.3 is 6.03 Å². The van der Waals surface area contributed by atoms with Crippen molar-refractivity contribution in [1.29, 1.82) is 0 Å². The van der Waals surface area contributed by atoms with Gasteiger partial charge in [-0.15, -0.1) is 0 Å². The molecule has 0 spiro atoms. The Balaban J connectivity index is 2.07. The molecule has 0 saturated carbocycles. The molecule has 0 aliphatic carbocycles. The van der Waals surface area contributed by atoms with Crippen molar-refractivity contribution in [3.8, 4) is 0 Å². The van der Waals surface area contributed by atoms with E-state index in [4.69, 9.17) is 4.74 Å². The van der Waals surface area contributed by atoms with E-state index in [0.29, 0.717) is 13.2 Å². The zero-order chi connectivity index (χ0) is 10.2. The lowest BCUT2D eigenvalue weighted by molar-refractivity contribution is 0.181. The van der Waals surface area contributed by atoms with Gasteiger partial charge in [0.1, 0.15) is 0 Å². The molecule has 1 fully saturated rings. The maximum Gasteiger partial charge on any atom is 0.317 e. The summed E-state index contributed by atoms with van der Waals surface area (Å²) in [4.78, 5) is 13.3. The van der Waals surface area contributed by atoms with Gasteiger partial charge in [0, 0.05) is 46.4 Å². The number of carbonyl (C=O) groups excluding carboxylic acids is 1. The standard InChI is InChI=1S/C9H19N3O2/c1-14-8-2-3-11-9(13)12-6-4-10-5-7-12/h10H,2-8H2,1H3,(H,11,13). The summed E-state index contributed by atoms with van der Waals surface area (Å²) in [5.74, 6) is 0. The maximum absolute atomic E-state index is 11.5. The van der Waals surface area contributed by atoms with Crippen molar-refractivity contribution in [2.24, 2.45) is 0 Å². The van der Waals surface area contributed by atoms with E-state index in [1.807, 2.05) is 4.90 Å². The van der Waals surface area contributed by atoms with Crippen molar-refractivity contribution in [3.63, 3.8) is 0 Å². The van der Waals surface area contributed by atoms with Crippen molar-refractivity contribution >= 4 is 6.03 Å². The summed E-state index contributed by atoms with van der Waals surface area (Å²) in [5.41, 5.74) is 0. The molecule has 14 heavy (non-hydrogen) atoms. The number of rotatable bonds is 4. The lowest BCUT2D eigenvalue weighted by Crippen LogP contribution is -2.50. The zero-order valence-corrected chi connectivity index (χ0v) is 8.71. The number of ether oxygens (including phenoxy) is 1. The SMILES string of the molecule is COCCCNC(=O)N1CCNCC1. The van der Waals surface area contributed by atoms with E-state index in [2.05, 4.69) is 10.6 Å². The molecule has 0 bridgehead atoms. The van der Waals surface area contributed by atoms with Crippen LogP contribution in [0.5, 0.6) is 0 Å². The number of nitrogens with zero attached hydrogens (tertiary/aromatic N) is 1. The third kappa shape index (κ3) is 3.93. The van der Waals surface area contributed by atoms with Crippen molar-refractivity contribution in [1.82, 2.24) is 15.5 Å². The minimum absolute atomic E-state index is 0.0441. The molecule has 1 heterocycles. The highest BCUT2D eigenvalue weighted by Gasteiger charge is 2.14. The quantitative estimate of drug-likeness (QED) is 0.611. The van der Waals surface area contributed by atoms with Crippen LogP contribution in [0.25, 0.3) is 0 Å². The van der Waals surface area contributed by atoms with E-state index in [1.165, 1.54) is 0 Å². The van der Waals surface area contributed by atoms with E-state index in [-0.39, 0.29) is 6.03 Å². The number of hydrogen-bond acceptors (Lipinski definition) is 3. The van der Waals surface area contributed by atoms with Crippen LogP contribution in [0.4, 0.5) is 4.79 Å². The lowest BCUT2D eigenvalue weighted by atomic mass is 10.4. The highest BCUT2D eigenvalue weighted by atomic mass is 16.5. The number of urea groups is 1. The molecule has 82 valence electrons. The largest absolute Gasteiger partial charge is 0.385 e. The maximum atomic E-state index is 11.5. The Labute approximate surface area is 84.8 Å². The number of methoxy groups -OCH3 is 1. The smallest absolute Gasteiger partial charge is 0.317 e. The van der Waals surface area contributed by atoms with Crippen molar-refractivity contribution in [2.75, 3.05) is 46.4 Å². The molecule has 5 nitrogen and oxygen atoms in total. The number of nitrogens with one attached hydrogen (secondary N) is 2. The number of carbonyl (C=O) groups is 1. The average Bonchev–Trinajstić information content (AvgIpc) is 2.25. The Morgan fingerprint density at radius 2 is 2.21 bits per heavy atom. The minimum Gasteiger partial charge on any atom is -0.385 e. The van der Waals surface area contributed by atoms with E-state index in [1.54, 1.807) is 7.11 Å². The molecule has 0 aromatic heterocycles. The van der Waals surface area contributed by atoms with Gasteiger partial charge in [0.15, 0.2) is 0 Å². The fraction of sp³-hybridized carbons (Fsp3) is 0.889. The Hall–Kier alpha value is -0.810. The number of piperazine rings is 1. The van der Waals surface area contributed by atoms with Crippen molar-refractivity contribution in [2.45, 2.75) is 6.42 Å². The molecule has 0 aromatic carbocycles. The van der Waals surface area contributed by atoms with Crippen molar-refractivity contribution in [3.05, 3.63) is 0 Å². The Morgan fingerprint density at radius 1 is 1.50 bits per heavy atom. The van der Waals surface area contributed by atoms with Crippen LogP contribution in [0, 0.1) is 0 Å². The summed E-state index contributed by atoms with van der Waals surface area (Å²) in [6.07, 6.45) is 0.869. The Morgan fingerprint density at radius 3 is 2.86 bits per heavy atom. The van der Waals surface area contributed by atoms with Gasteiger partial charge in [-0.3, -0.25) is 0 Å². The molecule has 0 unspecified atom stereocenters. The second-order valence-electron chi connectivity index (χ2n) is 3.32. The van der Waals surface area contributed by atoms with Crippen molar-refractivity contribution < 1.29 is 9.53 Å². The summed E-state index contributed by atoms with van der Waals surface area (Å²) in [5, 5.41) is 6.07. The monoisotopic (exact) mass is 201 g/mol. The molecule has 0 aromatic rings. The van der Waals surface area contributed by atoms with Gasteiger partial charge in [-0.2, -0.15) is 0 Å². The lowest BCUT2D eigenvalue weighted by Gasteiger charge is -2.27. The van der Waals surface area contributed by atoms with Gasteiger partial charge in [-0.25, -0.2) is 4.79 Å². The van der Waals surface area contributed by atoms with Gasteiger partial charge in [-0.05, 0) is 6.42 Å². The molecule has 1 rings (SSSR count). The van der Waals surface area contributed by atoms with Crippen LogP contribution in [-0.4, -0.2) is 57.4 Å². The number of amides is 2. The topological polar surface area (TPSA) is 53.6 Å². The van der Waals surface area contributed by atoms with Crippen LogP contribution in [0.2, 0.25) is 0 Å². The molecule has 0 atom stereocenters. The van der Waals surface area contributed by atoms with Gasteiger partial charge in [0.05, 0.1) is 0 Å². The predicted molar refractivity (Wildman–Crippen MR) is 54.3 cm³/mol. The van der Waals surface area contributed by atoms with Gasteiger partial charge in [0.2, 0.25) is 0 Å². The molecule has 2 N–H and O–H groups in total. The van der Waals surface area contributed by atoms with Gasteiger partial charge in [0.25, 0.3) is 0 Å². The fourth-order valence-electron chi connectivity index (χ4n) is 1.39. The van der Waals surface area contributed by atoms with Gasteiger partial charge in [-0.1, -0.05) is 0 Å². The van der Waals surface area contributed by atoms with E-state index in [0.717, 1.165) is 32.6 Å². The third-order valence-corrected chi connectivity index (χ3v) is 2.21. The van der Waals surface area contributed by atoms with E-state index in [9.17, 15) is 4.79 Å². The highest BCUT2D eigenvalue weighted by molar-refractivity contribution is 5.74. The minimum atomic E-state index is 0.0441. The first-order valence-corrected chi connectivity index (χ1v) is 5.07. The molecule has 5 heteroatoms. The number of hydrogen-bond donors (Lipinski definition) is 2. The normalized spacial score (nSPS) is 16.8. The summed E-state index contributed by atoms with van der Waals surface area (Å²) < 4.78 is 4.89. The molecule has 0 radical (unpaired) electrons. The summed E-state index contributed by atoms with van der Waals surface area (Å²) in [6.45, 7) is 4.78. The first-order valence-electron chi connectivity index (χ1n) is 5.07. The zero-order valence-electron chi connectivity index (χ0n) is 8.71. The molecule has 2 amide bonds. The Bertz CT molecular complexity index is 169. The summed E-state index contributed by atoms with van der Waals surface area (Å²) in [6, 6.07) is 0.0441. The molecule has 1 aliphatic heterocycles. The van der Waals surface area contributed by atoms with E-state index < -0.39 is 0 Å². The second kappa shape index (κ2) is 6.62. The van der Waals surface area contributed by atoms with Crippen LogP contribution in [0.1, 0.15) is 6.42 Å². The second-order valence-corrected chi connectivity index (χ2v) is 3.32. The highest BCUT2D eigenvalue weighted by Crippen LogP contribution is 1.92. The molecule has 1 aliphatic rings. The predicted octanol–water partition coefficient (Wildman–Crippen LogP) is -0.362.